The molecule has 0 fully saturated rings. The van der Waals surface area contributed by atoms with E-state index in [4.69, 9.17) is 5.84 Å². The number of rotatable bonds is 4. The summed E-state index contributed by atoms with van der Waals surface area (Å²) in [5, 5.41) is 0. The molecule has 0 aliphatic carbocycles. The van der Waals surface area contributed by atoms with Gasteiger partial charge in [-0.1, -0.05) is 6.92 Å². The van der Waals surface area contributed by atoms with Gasteiger partial charge in [-0.15, -0.1) is 11.3 Å². The van der Waals surface area contributed by atoms with Gasteiger partial charge < -0.3 is 4.90 Å². The van der Waals surface area contributed by atoms with Crippen molar-refractivity contribution in [2.75, 3.05) is 13.6 Å². The third-order valence-corrected chi connectivity index (χ3v) is 3.05. The molecule has 0 saturated carbocycles. The van der Waals surface area contributed by atoms with Crippen LogP contribution >= 0.6 is 11.3 Å². The number of carbonyl (C=O) groups excluding carboxylic acids is 1. The van der Waals surface area contributed by atoms with E-state index in [1.165, 1.54) is 16.2 Å². The first kappa shape index (κ1) is 11.2. The van der Waals surface area contributed by atoms with E-state index in [0.29, 0.717) is 4.88 Å². The second-order valence-electron chi connectivity index (χ2n) is 3.07. The molecule has 0 spiro atoms. The largest absolute Gasteiger partial charge is 0.302 e. The Balaban J connectivity index is 2.63. The number of nitrogens with one attached hydrogen (secondary N) is 1. The highest BCUT2D eigenvalue weighted by Gasteiger charge is 2.07. The normalized spacial score (nSPS) is 10.6. The van der Waals surface area contributed by atoms with Crippen LogP contribution in [0, 0.1) is 0 Å². The second-order valence-corrected chi connectivity index (χ2v) is 4.24. The fourth-order valence-corrected chi connectivity index (χ4v) is 2.03. The van der Waals surface area contributed by atoms with Crippen molar-refractivity contribution in [3.05, 3.63) is 21.9 Å². The van der Waals surface area contributed by atoms with Crippen LogP contribution < -0.4 is 11.3 Å². The van der Waals surface area contributed by atoms with Crippen LogP contribution in [0.1, 0.15) is 21.5 Å². The number of nitrogen functional groups attached to an aromatic ring is 1. The van der Waals surface area contributed by atoms with Crippen LogP contribution in [0.5, 0.6) is 0 Å². The molecule has 0 bridgehead atoms. The van der Waals surface area contributed by atoms with Crippen LogP contribution in [-0.4, -0.2) is 24.4 Å². The quantitative estimate of drug-likeness (QED) is 0.442. The average molecular weight is 213 g/mol. The lowest BCUT2D eigenvalue weighted by Gasteiger charge is -2.11. The maximum atomic E-state index is 11.1. The van der Waals surface area contributed by atoms with Crippen molar-refractivity contribution in [2.45, 2.75) is 13.5 Å². The molecule has 0 aromatic carbocycles. The van der Waals surface area contributed by atoms with Gasteiger partial charge in [-0.3, -0.25) is 10.2 Å². The number of hydrazine groups is 1. The minimum Gasteiger partial charge on any atom is -0.302 e. The molecule has 0 aliphatic rings. The van der Waals surface area contributed by atoms with Crippen LogP contribution in [0.4, 0.5) is 0 Å². The first-order valence-corrected chi connectivity index (χ1v) is 5.27. The van der Waals surface area contributed by atoms with Gasteiger partial charge in [-0.25, -0.2) is 5.84 Å². The molecule has 0 unspecified atom stereocenters. The Kier molecular flexibility index (Phi) is 4.06. The minimum absolute atomic E-state index is 0.222. The third-order valence-electron chi connectivity index (χ3n) is 1.98. The Bertz CT molecular complexity index is 311. The highest BCUT2D eigenvalue weighted by molar-refractivity contribution is 7.14. The Labute approximate surface area is 87.7 Å². The van der Waals surface area contributed by atoms with Crippen LogP contribution in [0.25, 0.3) is 0 Å². The summed E-state index contributed by atoms with van der Waals surface area (Å²) < 4.78 is 0. The molecule has 78 valence electrons. The summed E-state index contributed by atoms with van der Waals surface area (Å²) in [4.78, 5) is 15.2. The number of hydrogen-bond donors (Lipinski definition) is 2. The molecule has 0 atom stereocenters. The zero-order valence-electron chi connectivity index (χ0n) is 8.41. The fraction of sp³-hybridized carbons (Fsp3) is 0.444. The van der Waals surface area contributed by atoms with Crippen molar-refractivity contribution in [1.82, 2.24) is 10.3 Å². The maximum absolute atomic E-state index is 11.1. The molecule has 0 radical (unpaired) electrons. The van der Waals surface area contributed by atoms with E-state index in [9.17, 15) is 4.79 Å². The van der Waals surface area contributed by atoms with E-state index >= 15 is 0 Å². The fourth-order valence-electron chi connectivity index (χ4n) is 1.03. The molecular formula is C9H15N3OS. The lowest BCUT2D eigenvalue weighted by Crippen LogP contribution is -2.29. The van der Waals surface area contributed by atoms with Gasteiger partial charge >= 0.3 is 0 Å². The summed E-state index contributed by atoms with van der Waals surface area (Å²) in [6, 6.07) is 3.76. The smallest absolute Gasteiger partial charge is 0.275 e. The first-order valence-electron chi connectivity index (χ1n) is 4.45. The summed E-state index contributed by atoms with van der Waals surface area (Å²) in [6.45, 7) is 3.97. The molecule has 1 heterocycles. The molecule has 0 saturated heterocycles. The highest BCUT2D eigenvalue weighted by Crippen LogP contribution is 2.17. The monoisotopic (exact) mass is 213 g/mol. The number of hydrogen-bond acceptors (Lipinski definition) is 4. The standard InChI is InChI=1S/C9H15N3OS/c1-3-12(2)6-7-4-5-8(14-7)9(13)11-10/h4-5H,3,6,10H2,1-2H3,(H,11,13). The van der Waals surface area contributed by atoms with Gasteiger partial charge in [0.1, 0.15) is 0 Å². The third kappa shape index (κ3) is 2.80. The lowest BCUT2D eigenvalue weighted by molar-refractivity contribution is 0.0957. The topological polar surface area (TPSA) is 58.4 Å². The van der Waals surface area contributed by atoms with Gasteiger partial charge in [0.25, 0.3) is 5.91 Å². The van der Waals surface area contributed by atoms with E-state index < -0.39 is 0 Å². The summed E-state index contributed by atoms with van der Waals surface area (Å²) in [5.41, 5.74) is 2.12. The molecule has 14 heavy (non-hydrogen) atoms. The summed E-state index contributed by atoms with van der Waals surface area (Å²) in [6.07, 6.45) is 0. The second kappa shape index (κ2) is 5.09. The van der Waals surface area contributed by atoms with Gasteiger partial charge in [-0.05, 0) is 25.7 Å². The van der Waals surface area contributed by atoms with Crippen LogP contribution in [-0.2, 0) is 6.54 Å². The number of nitrogens with two attached hydrogens (primary N) is 1. The number of amides is 1. The minimum atomic E-state index is -0.222. The summed E-state index contributed by atoms with van der Waals surface area (Å²) >= 11 is 1.48. The zero-order valence-corrected chi connectivity index (χ0v) is 9.23. The molecule has 1 aromatic heterocycles. The number of nitrogens with zero attached hydrogens (tertiary/aromatic N) is 1. The molecule has 1 amide bonds. The molecule has 5 heteroatoms. The van der Waals surface area contributed by atoms with Gasteiger partial charge in [0.2, 0.25) is 0 Å². The highest BCUT2D eigenvalue weighted by atomic mass is 32.1. The van der Waals surface area contributed by atoms with E-state index in [2.05, 4.69) is 17.2 Å². The van der Waals surface area contributed by atoms with Crippen molar-refractivity contribution in [2.24, 2.45) is 5.84 Å². The van der Waals surface area contributed by atoms with Crippen molar-refractivity contribution in [1.29, 1.82) is 0 Å². The van der Waals surface area contributed by atoms with Crippen molar-refractivity contribution in [3.63, 3.8) is 0 Å². The molecule has 4 nitrogen and oxygen atoms in total. The Morgan fingerprint density at radius 1 is 1.64 bits per heavy atom. The predicted octanol–water partition coefficient (Wildman–Crippen LogP) is 0.803. The maximum Gasteiger partial charge on any atom is 0.275 e. The number of carbonyl (C=O) groups is 1. The SMILES string of the molecule is CCN(C)Cc1ccc(C(=O)NN)s1. The first-order chi connectivity index (χ1) is 6.67. The van der Waals surface area contributed by atoms with Crippen LogP contribution in [0.2, 0.25) is 0 Å². The van der Waals surface area contributed by atoms with Gasteiger partial charge in [0, 0.05) is 11.4 Å². The van der Waals surface area contributed by atoms with Crippen molar-refractivity contribution < 1.29 is 4.79 Å². The predicted molar refractivity (Wildman–Crippen MR) is 58.0 cm³/mol. The number of thiophene rings is 1. The van der Waals surface area contributed by atoms with Crippen LogP contribution in [0.3, 0.4) is 0 Å². The molecule has 3 N–H and O–H groups in total. The van der Waals surface area contributed by atoms with Gasteiger partial charge in [0.05, 0.1) is 4.88 Å². The van der Waals surface area contributed by atoms with Gasteiger partial charge in [0.15, 0.2) is 0 Å². The average Bonchev–Trinajstić information content (AvgIpc) is 2.65. The Hall–Kier alpha value is -0.910. The van der Waals surface area contributed by atoms with Crippen molar-refractivity contribution in [3.8, 4) is 0 Å². The summed E-state index contributed by atoms with van der Waals surface area (Å²) in [5.74, 6) is 4.82. The zero-order chi connectivity index (χ0) is 10.6. The van der Waals surface area contributed by atoms with E-state index in [-0.39, 0.29) is 5.91 Å². The van der Waals surface area contributed by atoms with E-state index in [0.717, 1.165) is 13.1 Å². The van der Waals surface area contributed by atoms with E-state index in [1.54, 1.807) is 6.07 Å². The summed E-state index contributed by atoms with van der Waals surface area (Å²) in [7, 11) is 2.04. The molecular weight excluding hydrogens is 198 g/mol. The molecule has 0 aliphatic heterocycles. The molecule has 1 aromatic rings. The lowest BCUT2D eigenvalue weighted by atomic mass is 10.4. The van der Waals surface area contributed by atoms with E-state index in [1.807, 2.05) is 13.1 Å². The molecule has 1 rings (SSSR count). The Morgan fingerprint density at radius 2 is 2.36 bits per heavy atom. The Morgan fingerprint density at radius 3 is 2.93 bits per heavy atom. The van der Waals surface area contributed by atoms with Crippen LogP contribution in [0.15, 0.2) is 12.1 Å². The van der Waals surface area contributed by atoms with Gasteiger partial charge in [-0.2, -0.15) is 0 Å². The van der Waals surface area contributed by atoms with Crippen molar-refractivity contribution >= 4 is 17.2 Å².